The van der Waals surface area contributed by atoms with E-state index in [1.54, 1.807) is 13.2 Å². The quantitative estimate of drug-likeness (QED) is 0.700. The molecule has 0 aromatic heterocycles. The average Bonchev–Trinajstić information content (AvgIpc) is 2.38. The zero-order valence-electron chi connectivity index (χ0n) is 10.4. The van der Waals surface area contributed by atoms with Gasteiger partial charge in [-0.2, -0.15) is 0 Å². The monoisotopic (exact) mass is 342 g/mol. The van der Waals surface area contributed by atoms with Gasteiger partial charge in [0.1, 0.15) is 11.6 Å². The summed E-state index contributed by atoms with van der Waals surface area (Å²) in [5.41, 5.74) is 1.77. The molecule has 0 amide bonds. The van der Waals surface area contributed by atoms with Crippen molar-refractivity contribution in [1.82, 2.24) is 0 Å². The minimum absolute atomic E-state index is 0.246. The summed E-state index contributed by atoms with van der Waals surface area (Å²) in [6, 6.07) is 12.2. The number of benzene rings is 2. The molecular formula is C15H13BrClFO. The second-order valence-corrected chi connectivity index (χ2v) is 5.63. The van der Waals surface area contributed by atoms with Gasteiger partial charge in [-0.25, -0.2) is 4.39 Å². The molecule has 0 saturated carbocycles. The highest BCUT2D eigenvalue weighted by molar-refractivity contribution is 9.10. The van der Waals surface area contributed by atoms with Gasteiger partial charge in [0.15, 0.2) is 0 Å². The predicted octanol–water partition coefficient (Wildman–Crippen LogP) is 5.12. The van der Waals surface area contributed by atoms with Crippen molar-refractivity contribution in [2.45, 2.75) is 11.8 Å². The number of rotatable bonds is 4. The number of halogens is 3. The minimum atomic E-state index is -0.259. The highest BCUT2D eigenvalue weighted by atomic mass is 79.9. The molecular weight excluding hydrogens is 331 g/mol. The van der Waals surface area contributed by atoms with Crippen molar-refractivity contribution in [3.63, 3.8) is 0 Å². The smallest absolute Gasteiger partial charge is 0.124 e. The normalized spacial score (nSPS) is 12.2. The molecule has 19 heavy (non-hydrogen) atoms. The fourth-order valence-corrected chi connectivity index (χ4v) is 2.62. The van der Waals surface area contributed by atoms with E-state index in [1.165, 1.54) is 12.1 Å². The van der Waals surface area contributed by atoms with Gasteiger partial charge in [-0.1, -0.05) is 34.1 Å². The zero-order valence-corrected chi connectivity index (χ0v) is 12.7. The molecule has 0 fully saturated rings. The van der Waals surface area contributed by atoms with Gasteiger partial charge in [-0.3, -0.25) is 0 Å². The third-order valence-electron chi connectivity index (χ3n) is 2.84. The van der Waals surface area contributed by atoms with E-state index >= 15 is 0 Å². The van der Waals surface area contributed by atoms with Crippen molar-refractivity contribution >= 4 is 27.5 Å². The van der Waals surface area contributed by atoms with Crippen LogP contribution in [0, 0.1) is 5.82 Å². The van der Waals surface area contributed by atoms with Crippen LogP contribution in [0.3, 0.4) is 0 Å². The molecule has 0 saturated heterocycles. The molecule has 0 aliphatic rings. The first kappa shape index (κ1) is 14.4. The van der Waals surface area contributed by atoms with Crippen molar-refractivity contribution in [3.05, 3.63) is 63.9 Å². The van der Waals surface area contributed by atoms with Crippen LogP contribution in [0.2, 0.25) is 0 Å². The Hall–Kier alpha value is -1.06. The Bertz CT molecular complexity index is 574. The van der Waals surface area contributed by atoms with Gasteiger partial charge in [-0.05, 0) is 36.2 Å². The van der Waals surface area contributed by atoms with E-state index in [0.717, 1.165) is 21.3 Å². The van der Waals surface area contributed by atoms with Gasteiger partial charge in [0.05, 0.1) is 12.5 Å². The van der Waals surface area contributed by atoms with E-state index in [1.807, 2.05) is 24.3 Å². The van der Waals surface area contributed by atoms with Crippen LogP contribution >= 0.6 is 27.5 Å². The fourth-order valence-electron chi connectivity index (χ4n) is 1.92. The maximum Gasteiger partial charge on any atom is 0.124 e. The van der Waals surface area contributed by atoms with Crippen LogP contribution in [0.5, 0.6) is 5.75 Å². The third-order valence-corrected chi connectivity index (χ3v) is 3.72. The van der Waals surface area contributed by atoms with Crippen LogP contribution in [-0.2, 0) is 6.42 Å². The molecule has 0 N–H and O–H groups in total. The van der Waals surface area contributed by atoms with E-state index in [9.17, 15) is 4.39 Å². The standard InChI is InChI=1S/C15H13BrClFO/c1-19-15-9-11(16)5-6-13(15)14(17)8-10-3-2-4-12(18)7-10/h2-7,9,14H,8H2,1H3. The maximum absolute atomic E-state index is 13.1. The lowest BCUT2D eigenvalue weighted by atomic mass is 10.0. The van der Waals surface area contributed by atoms with Gasteiger partial charge in [0.25, 0.3) is 0 Å². The maximum atomic E-state index is 13.1. The number of ether oxygens (including phenoxy) is 1. The van der Waals surface area contributed by atoms with Gasteiger partial charge in [0.2, 0.25) is 0 Å². The molecule has 0 bridgehead atoms. The van der Waals surface area contributed by atoms with Gasteiger partial charge < -0.3 is 4.74 Å². The summed E-state index contributed by atoms with van der Waals surface area (Å²) < 4.78 is 19.4. The second-order valence-electron chi connectivity index (χ2n) is 4.19. The summed E-state index contributed by atoms with van der Waals surface area (Å²) in [6.45, 7) is 0. The van der Waals surface area contributed by atoms with E-state index in [4.69, 9.17) is 16.3 Å². The summed E-state index contributed by atoms with van der Waals surface area (Å²) >= 11 is 9.80. The molecule has 0 aliphatic heterocycles. The SMILES string of the molecule is COc1cc(Br)ccc1C(Cl)Cc1cccc(F)c1. The second kappa shape index (κ2) is 6.40. The van der Waals surface area contributed by atoms with Crippen molar-refractivity contribution in [1.29, 1.82) is 0 Å². The van der Waals surface area contributed by atoms with Gasteiger partial charge in [-0.15, -0.1) is 11.6 Å². The molecule has 0 heterocycles. The molecule has 4 heteroatoms. The lowest BCUT2D eigenvalue weighted by Crippen LogP contribution is -1.99. The lowest BCUT2D eigenvalue weighted by Gasteiger charge is -2.14. The molecule has 1 atom stereocenters. The van der Waals surface area contributed by atoms with Crippen LogP contribution in [0.25, 0.3) is 0 Å². The fraction of sp³-hybridized carbons (Fsp3) is 0.200. The minimum Gasteiger partial charge on any atom is -0.496 e. The Morgan fingerprint density at radius 2 is 2.05 bits per heavy atom. The topological polar surface area (TPSA) is 9.23 Å². The van der Waals surface area contributed by atoms with Crippen LogP contribution < -0.4 is 4.74 Å². The Balaban J connectivity index is 2.22. The molecule has 1 unspecified atom stereocenters. The predicted molar refractivity (Wildman–Crippen MR) is 79.4 cm³/mol. The first-order valence-corrected chi connectivity index (χ1v) is 7.05. The van der Waals surface area contributed by atoms with Crippen molar-refractivity contribution in [2.75, 3.05) is 7.11 Å². The highest BCUT2D eigenvalue weighted by Crippen LogP contribution is 2.34. The summed E-state index contributed by atoms with van der Waals surface area (Å²) in [6.07, 6.45) is 0.553. The van der Waals surface area contributed by atoms with E-state index < -0.39 is 0 Å². The van der Waals surface area contributed by atoms with Gasteiger partial charge in [0, 0.05) is 10.0 Å². The first-order chi connectivity index (χ1) is 9.10. The Morgan fingerprint density at radius 3 is 2.74 bits per heavy atom. The molecule has 0 radical (unpaired) electrons. The number of hydrogen-bond donors (Lipinski definition) is 0. The molecule has 2 rings (SSSR count). The molecule has 2 aromatic carbocycles. The largest absolute Gasteiger partial charge is 0.496 e. The molecule has 0 aliphatic carbocycles. The number of methoxy groups -OCH3 is 1. The Kier molecular flexibility index (Phi) is 4.83. The lowest BCUT2D eigenvalue weighted by molar-refractivity contribution is 0.408. The van der Waals surface area contributed by atoms with E-state index in [-0.39, 0.29) is 11.2 Å². The Labute approximate surface area is 125 Å². The van der Waals surface area contributed by atoms with Crippen LogP contribution in [-0.4, -0.2) is 7.11 Å². The first-order valence-electron chi connectivity index (χ1n) is 5.82. The molecule has 2 aromatic rings. The Morgan fingerprint density at radius 1 is 1.26 bits per heavy atom. The summed E-state index contributed by atoms with van der Waals surface area (Å²) in [7, 11) is 1.61. The van der Waals surface area contributed by atoms with E-state index in [0.29, 0.717) is 6.42 Å². The molecule has 1 nitrogen and oxygen atoms in total. The average molecular weight is 344 g/mol. The summed E-state index contributed by atoms with van der Waals surface area (Å²) in [5.74, 6) is 0.481. The highest BCUT2D eigenvalue weighted by Gasteiger charge is 2.14. The molecule has 0 spiro atoms. The van der Waals surface area contributed by atoms with Gasteiger partial charge >= 0.3 is 0 Å². The van der Waals surface area contributed by atoms with Crippen LogP contribution in [0.15, 0.2) is 46.9 Å². The van der Waals surface area contributed by atoms with E-state index in [2.05, 4.69) is 15.9 Å². The van der Waals surface area contributed by atoms with Crippen molar-refractivity contribution in [2.24, 2.45) is 0 Å². The number of alkyl halides is 1. The van der Waals surface area contributed by atoms with Crippen LogP contribution in [0.4, 0.5) is 4.39 Å². The third kappa shape index (κ3) is 3.71. The number of hydrogen-bond acceptors (Lipinski definition) is 1. The molecule has 100 valence electrons. The van der Waals surface area contributed by atoms with Crippen molar-refractivity contribution < 1.29 is 9.13 Å². The van der Waals surface area contributed by atoms with Crippen molar-refractivity contribution in [3.8, 4) is 5.75 Å². The zero-order chi connectivity index (χ0) is 13.8. The van der Waals surface area contributed by atoms with Crippen LogP contribution in [0.1, 0.15) is 16.5 Å². The summed E-state index contributed by atoms with van der Waals surface area (Å²) in [5, 5.41) is -0.259. The summed E-state index contributed by atoms with van der Waals surface area (Å²) in [4.78, 5) is 0.